The molecule has 0 unspecified atom stereocenters. The van der Waals surface area contributed by atoms with Crippen molar-refractivity contribution < 1.29 is 14.3 Å². The van der Waals surface area contributed by atoms with Gasteiger partial charge < -0.3 is 4.74 Å². The van der Waals surface area contributed by atoms with Crippen LogP contribution in [0.15, 0.2) is 0 Å². The number of hydrogen-bond donors (Lipinski definition) is 0. The van der Waals surface area contributed by atoms with Gasteiger partial charge in [-0.15, -0.1) is 0 Å². The largest absolute Gasteiger partial charge is 0.469 e. The maximum Gasteiger partial charge on any atom is 0.305 e. The molecule has 10 heavy (non-hydrogen) atoms. The van der Waals surface area contributed by atoms with E-state index in [4.69, 9.17) is 0 Å². The molecule has 0 rings (SSSR count). The average molecular weight is 143 g/mol. The monoisotopic (exact) mass is 143 g/mol. The molecule has 0 fully saturated rings. The lowest BCUT2D eigenvalue weighted by atomic mass is 10.2. The van der Waals surface area contributed by atoms with E-state index in [1.54, 1.807) is 0 Å². The summed E-state index contributed by atoms with van der Waals surface area (Å²) >= 11 is 0. The first-order chi connectivity index (χ1) is 4.66. The third kappa shape index (κ3) is 5.28. The summed E-state index contributed by atoms with van der Waals surface area (Å²) in [4.78, 5) is 20.7. The quantitative estimate of drug-likeness (QED) is 0.545. The van der Waals surface area contributed by atoms with E-state index in [1.807, 2.05) is 0 Å². The van der Waals surface area contributed by atoms with E-state index >= 15 is 0 Å². The predicted octanol–water partition coefficient (Wildman–Crippen LogP) is 0.733. The van der Waals surface area contributed by atoms with Crippen LogP contribution in [-0.2, 0) is 14.3 Å². The van der Waals surface area contributed by atoms with Crippen LogP contribution in [0.5, 0.6) is 0 Å². The van der Waals surface area contributed by atoms with Gasteiger partial charge in [-0.1, -0.05) is 0 Å². The van der Waals surface area contributed by atoms with Crippen LogP contribution in [0.25, 0.3) is 0 Å². The Hall–Kier alpha value is -0.860. The molecule has 0 aliphatic heterocycles. The summed E-state index contributed by atoms with van der Waals surface area (Å²) < 4.78 is 4.36. The minimum Gasteiger partial charge on any atom is -0.469 e. The molecular formula is C7H11O3. The second kappa shape index (κ2) is 4.97. The maximum absolute atomic E-state index is 10.4. The number of ether oxygens (including phenoxy) is 1. The van der Waals surface area contributed by atoms with E-state index in [0.717, 1.165) is 0 Å². The second-order valence-corrected chi connectivity index (χ2v) is 1.97. The van der Waals surface area contributed by atoms with E-state index in [1.165, 1.54) is 7.11 Å². The molecule has 0 N–H and O–H groups in total. The van der Waals surface area contributed by atoms with E-state index in [2.05, 4.69) is 11.7 Å². The molecule has 0 aromatic carbocycles. The topological polar surface area (TPSA) is 43.4 Å². The van der Waals surface area contributed by atoms with Crippen LogP contribution in [0, 0.1) is 6.92 Å². The summed E-state index contributed by atoms with van der Waals surface area (Å²) in [6, 6.07) is 0. The van der Waals surface area contributed by atoms with Crippen molar-refractivity contribution in [2.75, 3.05) is 7.11 Å². The summed E-state index contributed by atoms with van der Waals surface area (Å²) in [6.07, 6.45) is 1.20. The molecule has 0 aromatic heterocycles. The van der Waals surface area contributed by atoms with Crippen LogP contribution in [-0.4, -0.2) is 18.9 Å². The van der Waals surface area contributed by atoms with Crippen molar-refractivity contribution >= 4 is 11.8 Å². The van der Waals surface area contributed by atoms with Crippen LogP contribution in [0.3, 0.4) is 0 Å². The van der Waals surface area contributed by atoms with Gasteiger partial charge in [-0.3, -0.25) is 9.59 Å². The van der Waals surface area contributed by atoms with Crippen molar-refractivity contribution in [3.8, 4) is 0 Å². The smallest absolute Gasteiger partial charge is 0.305 e. The fraction of sp³-hybridized carbons (Fsp3) is 0.571. The maximum atomic E-state index is 10.4. The number of esters is 1. The highest BCUT2D eigenvalue weighted by Crippen LogP contribution is 1.96. The summed E-state index contributed by atoms with van der Waals surface area (Å²) in [5, 5.41) is 0. The van der Waals surface area contributed by atoms with Gasteiger partial charge in [0.15, 0.2) is 0 Å². The molecule has 3 nitrogen and oxygen atoms in total. The Morgan fingerprint density at radius 2 is 2.00 bits per heavy atom. The van der Waals surface area contributed by atoms with Gasteiger partial charge in [0.25, 0.3) is 0 Å². The first-order valence-corrected chi connectivity index (χ1v) is 3.08. The molecule has 0 aliphatic rings. The van der Waals surface area contributed by atoms with Crippen molar-refractivity contribution in [1.29, 1.82) is 0 Å². The first-order valence-electron chi connectivity index (χ1n) is 3.08. The van der Waals surface area contributed by atoms with Crippen molar-refractivity contribution in [3.63, 3.8) is 0 Å². The van der Waals surface area contributed by atoms with Gasteiger partial charge in [-0.25, -0.2) is 0 Å². The highest BCUT2D eigenvalue weighted by molar-refractivity contribution is 5.82. The fourth-order valence-electron chi connectivity index (χ4n) is 0.532. The lowest BCUT2D eigenvalue weighted by Crippen LogP contribution is -2.01. The van der Waals surface area contributed by atoms with Crippen LogP contribution in [0.4, 0.5) is 0 Å². The Balaban J connectivity index is 3.20. The number of ketones is 1. The van der Waals surface area contributed by atoms with Crippen LogP contribution >= 0.6 is 0 Å². The van der Waals surface area contributed by atoms with Gasteiger partial charge in [-0.2, -0.15) is 0 Å². The molecular weight excluding hydrogens is 132 g/mol. The van der Waals surface area contributed by atoms with Crippen molar-refractivity contribution in [2.24, 2.45) is 0 Å². The summed E-state index contributed by atoms with van der Waals surface area (Å²) in [5.41, 5.74) is 0. The zero-order valence-corrected chi connectivity index (χ0v) is 6.05. The Bertz CT molecular complexity index is 129. The molecule has 0 saturated heterocycles. The van der Waals surface area contributed by atoms with E-state index in [0.29, 0.717) is 19.3 Å². The number of hydrogen-bond acceptors (Lipinski definition) is 3. The number of Topliss-reactive ketones (excluding diaryl/α,β-unsaturated/α-hetero) is 1. The molecule has 0 spiro atoms. The third-order valence-electron chi connectivity index (χ3n) is 1.06. The number of carbonyl (C=O) groups excluding carboxylic acids is 2. The number of carbonyl (C=O) groups is 2. The molecule has 3 heteroatoms. The number of methoxy groups -OCH3 is 1. The SMILES string of the molecule is [CH2]C(=O)CCCC(=O)OC. The van der Waals surface area contributed by atoms with Crippen LogP contribution < -0.4 is 0 Å². The zero-order chi connectivity index (χ0) is 7.98. The Kier molecular flexibility index (Phi) is 4.54. The standard InChI is InChI=1S/C7H11O3/c1-6(8)4-3-5-7(9)10-2/h1,3-5H2,2H3. The summed E-state index contributed by atoms with van der Waals surface area (Å²) in [7, 11) is 1.33. The minimum absolute atomic E-state index is 0.135. The van der Waals surface area contributed by atoms with Gasteiger partial charge in [0.1, 0.15) is 5.78 Å². The van der Waals surface area contributed by atoms with E-state index < -0.39 is 0 Å². The lowest BCUT2D eigenvalue weighted by Gasteiger charge is -1.95. The third-order valence-corrected chi connectivity index (χ3v) is 1.06. The van der Waals surface area contributed by atoms with Gasteiger partial charge in [0.05, 0.1) is 7.11 Å². The Morgan fingerprint density at radius 1 is 1.40 bits per heavy atom. The highest BCUT2D eigenvalue weighted by atomic mass is 16.5. The first kappa shape index (κ1) is 9.14. The van der Waals surface area contributed by atoms with E-state index in [9.17, 15) is 9.59 Å². The van der Waals surface area contributed by atoms with Crippen molar-refractivity contribution in [3.05, 3.63) is 6.92 Å². The second-order valence-electron chi connectivity index (χ2n) is 1.97. The molecule has 57 valence electrons. The zero-order valence-electron chi connectivity index (χ0n) is 6.05. The van der Waals surface area contributed by atoms with Crippen molar-refractivity contribution in [1.82, 2.24) is 0 Å². The average Bonchev–Trinajstić information content (AvgIpc) is 1.87. The van der Waals surface area contributed by atoms with E-state index in [-0.39, 0.29) is 11.8 Å². The normalized spacial score (nSPS) is 9.00. The fourth-order valence-corrected chi connectivity index (χ4v) is 0.532. The molecule has 0 saturated carbocycles. The molecule has 0 atom stereocenters. The summed E-state index contributed by atoms with van der Waals surface area (Å²) in [6.45, 7) is 3.17. The molecule has 0 aromatic rings. The minimum atomic E-state index is -0.277. The van der Waals surface area contributed by atoms with Crippen LogP contribution in [0.1, 0.15) is 19.3 Å². The van der Waals surface area contributed by atoms with Crippen molar-refractivity contribution in [2.45, 2.75) is 19.3 Å². The molecule has 0 amide bonds. The Labute approximate surface area is 60.4 Å². The van der Waals surface area contributed by atoms with Gasteiger partial charge in [0, 0.05) is 19.8 Å². The number of rotatable bonds is 4. The lowest BCUT2D eigenvalue weighted by molar-refractivity contribution is -0.140. The predicted molar refractivity (Wildman–Crippen MR) is 36.2 cm³/mol. The molecule has 0 bridgehead atoms. The van der Waals surface area contributed by atoms with Crippen LogP contribution in [0.2, 0.25) is 0 Å². The van der Waals surface area contributed by atoms with Gasteiger partial charge in [-0.05, 0) is 6.42 Å². The molecule has 1 radical (unpaired) electrons. The highest BCUT2D eigenvalue weighted by Gasteiger charge is 2.00. The Morgan fingerprint density at radius 3 is 2.40 bits per heavy atom. The van der Waals surface area contributed by atoms with Gasteiger partial charge >= 0.3 is 5.97 Å². The summed E-state index contributed by atoms with van der Waals surface area (Å²) in [5.74, 6) is -0.412. The molecule has 0 heterocycles. The van der Waals surface area contributed by atoms with Gasteiger partial charge in [0.2, 0.25) is 0 Å². The molecule has 0 aliphatic carbocycles.